The summed E-state index contributed by atoms with van der Waals surface area (Å²) in [5, 5.41) is 5.25. The molecule has 5 aromatic rings. The molecule has 0 bridgehead atoms. The molecule has 0 saturated carbocycles. The van der Waals surface area contributed by atoms with Gasteiger partial charge in [-0.1, -0.05) is 65.8 Å². The van der Waals surface area contributed by atoms with Crippen LogP contribution in [0.25, 0.3) is 16.7 Å². The Hall–Kier alpha value is -3.94. The van der Waals surface area contributed by atoms with Crippen LogP contribution in [0.1, 0.15) is 34.6 Å². The number of halogens is 1. The minimum absolute atomic E-state index is 0.0298. The highest BCUT2D eigenvalue weighted by atomic mass is 35.5. The molecule has 6 rings (SSSR count). The number of nitrogens with one attached hydrogen (secondary N) is 1. The summed E-state index contributed by atoms with van der Waals surface area (Å²) in [6.07, 6.45) is 0.325. The maximum atomic E-state index is 11.8. The number of aromatic nitrogens is 2. The number of ether oxygens (including phenoxy) is 2. The first-order chi connectivity index (χ1) is 20.0. The third kappa shape index (κ3) is 5.78. The van der Waals surface area contributed by atoms with Crippen LogP contribution in [0.5, 0.6) is 5.75 Å². The van der Waals surface area contributed by atoms with Gasteiger partial charge in [-0.2, -0.15) is 0 Å². The Morgan fingerprint density at radius 2 is 1.93 bits per heavy atom. The minimum atomic E-state index is -0.221. The number of carbonyl (C=O) groups is 1. The van der Waals surface area contributed by atoms with E-state index < -0.39 is 0 Å². The van der Waals surface area contributed by atoms with Gasteiger partial charge in [-0.05, 0) is 60.0 Å². The number of esters is 1. The Labute approximate surface area is 248 Å². The number of benzene rings is 4. The molecule has 1 aliphatic rings. The molecular weight excluding hydrogens is 554 g/mol. The summed E-state index contributed by atoms with van der Waals surface area (Å²) >= 11 is 7.80. The van der Waals surface area contributed by atoms with E-state index in [1.54, 1.807) is 11.8 Å². The number of methoxy groups -OCH3 is 1. The van der Waals surface area contributed by atoms with E-state index in [1.165, 1.54) is 23.8 Å². The van der Waals surface area contributed by atoms with Crippen LogP contribution in [0.2, 0.25) is 5.02 Å². The fourth-order valence-electron chi connectivity index (χ4n) is 5.20. The lowest BCUT2D eigenvalue weighted by molar-refractivity contribution is -0.141. The van der Waals surface area contributed by atoms with E-state index in [-0.39, 0.29) is 11.9 Å². The summed E-state index contributed by atoms with van der Waals surface area (Å²) in [4.78, 5) is 16.7. The van der Waals surface area contributed by atoms with Crippen molar-refractivity contribution in [1.29, 1.82) is 0 Å². The van der Waals surface area contributed by atoms with Crippen molar-refractivity contribution in [1.82, 2.24) is 9.55 Å². The van der Waals surface area contributed by atoms with Crippen LogP contribution in [0, 0.1) is 6.92 Å². The van der Waals surface area contributed by atoms with Crippen LogP contribution < -0.4 is 10.1 Å². The second kappa shape index (κ2) is 11.9. The van der Waals surface area contributed by atoms with Crippen molar-refractivity contribution in [3.8, 4) is 11.4 Å². The molecule has 8 heteroatoms. The molecule has 1 unspecified atom stereocenters. The van der Waals surface area contributed by atoms with Gasteiger partial charge in [-0.15, -0.1) is 0 Å². The summed E-state index contributed by atoms with van der Waals surface area (Å²) < 4.78 is 13.0. The molecule has 0 saturated heterocycles. The van der Waals surface area contributed by atoms with Crippen molar-refractivity contribution in [3.05, 3.63) is 112 Å². The molecule has 2 heterocycles. The normalized spacial score (nSPS) is 14.1. The molecule has 0 fully saturated rings. The Morgan fingerprint density at radius 3 is 2.76 bits per heavy atom. The van der Waals surface area contributed by atoms with Gasteiger partial charge < -0.3 is 14.8 Å². The number of carbonyl (C=O) groups excluding carboxylic acids is 1. The molecule has 1 aliphatic heterocycles. The summed E-state index contributed by atoms with van der Waals surface area (Å²) in [5.74, 6) is 1.42. The number of hydrogen-bond donors (Lipinski definition) is 1. The van der Waals surface area contributed by atoms with Crippen LogP contribution in [-0.2, 0) is 21.8 Å². The second-order valence-electron chi connectivity index (χ2n) is 10.1. The molecule has 0 amide bonds. The molecule has 208 valence electrons. The SMILES string of the molecule is COC(=O)CC1COc2cc(NCc3cccc(-n4c(SCc5ccc(Cl)cc5)nc5ccccc54)c3C)ccc21. The zero-order valence-corrected chi connectivity index (χ0v) is 24.5. The molecular formula is C33H30ClN3O3S. The summed E-state index contributed by atoms with van der Waals surface area (Å²) in [6.45, 7) is 3.31. The topological polar surface area (TPSA) is 65.4 Å². The van der Waals surface area contributed by atoms with Gasteiger partial charge in [0.15, 0.2) is 5.16 Å². The fraction of sp³-hybridized carbons (Fsp3) is 0.212. The highest BCUT2D eigenvalue weighted by Crippen LogP contribution is 2.38. The zero-order chi connectivity index (χ0) is 28.3. The first kappa shape index (κ1) is 27.2. The summed E-state index contributed by atoms with van der Waals surface area (Å²) in [6, 6.07) is 28.8. The van der Waals surface area contributed by atoms with Crippen LogP contribution in [-0.4, -0.2) is 29.2 Å². The molecule has 6 nitrogen and oxygen atoms in total. The highest BCUT2D eigenvalue weighted by Gasteiger charge is 2.27. The Balaban J connectivity index is 1.24. The van der Waals surface area contributed by atoms with Crippen molar-refractivity contribution in [2.45, 2.75) is 36.7 Å². The number of nitrogens with zero attached hydrogens (tertiary/aromatic N) is 2. The van der Waals surface area contributed by atoms with Crippen LogP contribution >= 0.6 is 23.4 Å². The first-order valence-corrected chi connectivity index (χ1v) is 14.9. The van der Waals surface area contributed by atoms with Gasteiger partial charge in [0.1, 0.15) is 5.75 Å². The van der Waals surface area contributed by atoms with Crippen LogP contribution in [0.4, 0.5) is 5.69 Å². The van der Waals surface area contributed by atoms with Gasteiger partial charge in [0.05, 0.1) is 36.9 Å². The standard InChI is InChI=1S/C33H30ClN3O3S/c1-21-23(18-35-26-14-15-27-24(16-32(38)39-2)19-40-31(27)17-26)6-5-9-29(21)37-30-8-4-3-7-28(30)36-33(37)41-20-22-10-12-25(34)13-11-22/h3-15,17,24,35H,16,18-20H2,1-2H3. The molecule has 1 N–H and O–H groups in total. The Bertz CT molecular complexity index is 1720. The fourth-order valence-corrected chi connectivity index (χ4v) is 6.31. The van der Waals surface area contributed by atoms with Crippen LogP contribution in [0.3, 0.4) is 0 Å². The molecule has 0 spiro atoms. The number of hydrogen-bond acceptors (Lipinski definition) is 6. The number of thioether (sulfide) groups is 1. The van der Waals surface area contributed by atoms with Crippen molar-refractivity contribution in [3.63, 3.8) is 0 Å². The average molecular weight is 584 g/mol. The third-order valence-electron chi connectivity index (χ3n) is 7.49. The van der Waals surface area contributed by atoms with Gasteiger partial charge in [-0.25, -0.2) is 4.98 Å². The van der Waals surface area contributed by atoms with E-state index in [0.717, 1.165) is 49.7 Å². The van der Waals surface area contributed by atoms with Crippen molar-refractivity contribution < 1.29 is 14.3 Å². The third-order valence-corrected chi connectivity index (χ3v) is 8.75. The van der Waals surface area contributed by atoms with Gasteiger partial charge in [0.25, 0.3) is 0 Å². The molecule has 0 radical (unpaired) electrons. The quantitative estimate of drug-likeness (QED) is 0.140. The number of fused-ring (bicyclic) bond motifs is 2. The summed E-state index contributed by atoms with van der Waals surface area (Å²) in [5.41, 5.74) is 8.76. The Morgan fingerprint density at radius 1 is 1.10 bits per heavy atom. The van der Waals surface area contributed by atoms with Crippen LogP contribution in [0.15, 0.2) is 90.1 Å². The van der Waals surface area contributed by atoms with Gasteiger partial charge >= 0.3 is 5.97 Å². The van der Waals surface area contributed by atoms with E-state index in [2.05, 4.69) is 65.3 Å². The average Bonchev–Trinajstić information content (AvgIpc) is 3.57. The van der Waals surface area contributed by atoms with E-state index in [4.69, 9.17) is 26.1 Å². The lowest BCUT2D eigenvalue weighted by Crippen LogP contribution is -2.09. The maximum Gasteiger partial charge on any atom is 0.306 e. The van der Waals surface area contributed by atoms with Gasteiger partial charge in [0.2, 0.25) is 0 Å². The van der Waals surface area contributed by atoms with Crippen molar-refractivity contribution >= 4 is 46.1 Å². The van der Waals surface area contributed by atoms with E-state index in [1.807, 2.05) is 36.4 Å². The number of anilines is 1. The predicted octanol–water partition coefficient (Wildman–Crippen LogP) is 7.93. The van der Waals surface area contributed by atoms with Gasteiger partial charge in [-0.3, -0.25) is 9.36 Å². The van der Waals surface area contributed by atoms with Gasteiger partial charge in [0, 0.05) is 40.6 Å². The molecule has 1 aromatic heterocycles. The molecule has 4 aromatic carbocycles. The molecule has 41 heavy (non-hydrogen) atoms. The second-order valence-corrected chi connectivity index (χ2v) is 11.5. The lowest BCUT2D eigenvalue weighted by atomic mass is 9.97. The Kier molecular flexibility index (Phi) is 7.90. The number of rotatable bonds is 9. The van der Waals surface area contributed by atoms with E-state index in [0.29, 0.717) is 19.6 Å². The van der Waals surface area contributed by atoms with Crippen molar-refractivity contribution in [2.24, 2.45) is 0 Å². The number of imidazole rings is 1. The molecule has 0 aliphatic carbocycles. The maximum absolute atomic E-state index is 11.8. The van der Waals surface area contributed by atoms with E-state index in [9.17, 15) is 4.79 Å². The largest absolute Gasteiger partial charge is 0.493 e. The first-order valence-electron chi connectivity index (χ1n) is 13.5. The summed E-state index contributed by atoms with van der Waals surface area (Å²) in [7, 11) is 1.42. The van der Waals surface area contributed by atoms with Crippen molar-refractivity contribution in [2.75, 3.05) is 19.0 Å². The molecule has 1 atom stereocenters. The number of para-hydroxylation sites is 2. The minimum Gasteiger partial charge on any atom is -0.493 e. The monoisotopic (exact) mass is 583 g/mol. The van der Waals surface area contributed by atoms with E-state index >= 15 is 0 Å². The predicted molar refractivity (Wildman–Crippen MR) is 165 cm³/mol. The lowest BCUT2D eigenvalue weighted by Gasteiger charge is -2.16. The highest BCUT2D eigenvalue weighted by molar-refractivity contribution is 7.98. The smallest absolute Gasteiger partial charge is 0.306 e. The zero-order valence-electron chi connectivity index (χ0n) is 22.9.